The van der Waals surface area contributed by atoms with Crippen molar-refractivity contribution in [2.45, 2.75) is 58.4 Å². The SMILES string of the molecule is CCN(CC1CC1)C1(CN)CCC(C)C(C)C1. The quantitative estimate of drug-likeness (QED) is 0.798. The van der Waals surface area contributed by atoms with Gasteiger partial charge in [0.15, 0.2) is 0 Å². The van der Waals surface area contributed by atoms with Gasteiger partial charge in [-0.2, -0.15) is 0 Å². The molecule has 0 aromatic heterocycles. The van der Waals surface area contributed by atoms with Gasteiger partial charge in [-0.05, 0) is 56.4 Å². The van der Waals surface area contributed by atoms with Crippen LogP contribution in [-0.2, 0) is 0 Å². The molecule has 0 aromatic rings. The van der Waals surface area contributed by atoms with Crippen molar-refractivity contribution in [3.63, 3.8) is 0 Å². The fourth-order valence-corrected chi connectivity index (χ4v) is 3.56. The molecule has 0 aromatic carbocycles. The smallest absolute Gasteiger partial charge is 0.0334 e. The molecule has 0 heterocycles. The standard InChI is InChI=1S/C15H30N2/c1-4-17(10-14-5-6-14)15(11-16)8-7-12(2)13(3)9-15/h12-14H,4-11,16H2,1-3H3. The molecule has 0 bridgehead atoms. The van der Waals surface area contributed by atoms with E-state index in [-0.39, 0.29) is 0 Å². The molecule has 100 valence electrons. The van der Waals surface area contributed by atoms with Gasteiger partial charge in [0, 0.05) is 18.6 Å². The van der Waals surface area contributed by atoms with Gasteiger partial charge in [-0.15, -0.1) is 0 Å². The number of likely N-dealkylation sites (N-methyl/N-ethyl adjacent to an activating group) is 1. The van der Waals surface area contributed by atoms with Crippen molar-refractivity contribution in [2.75, 3.05) is 19.6 Å². The summed E-state index contributed by atoms with van der Waals surface area (Å²) in [5.74, 6) is 2.70. The van der Waals surface area contributed by atoms with E-state index in [2.05, 4.69) is 25.7 Å². The molecule has 2 saturated carbocycles. The lowest BCUT2D eigenvalue weighted by Crippen LogP contribution is -2.57. The van der Waals surface area contributed by atoms with E-state index in [4.69, 9.17) is 5.73 Å². The highest BCUT2D eigenvalue weighted by molar-refractivity contribution is 4.98. The van der Waals surface area contributed by atoms with Crippen LogP contribution in [0.3, 0.4) is 0 Å². The first kappa shape index (κ1) is 13.4. The zero-order valence-electron chi connectivity index (χ0n) is 11.9. The van der Waals surface area contributed by atoms with Gasteiger partial charge in [-0.25, -0.2) is 0 Å². The Bertz CT molecular complexity index is 249. The molecule has 17 heavy (non-hydrogen) atoms. The van der Waals surface area contributed by atoms with E-state index in [0.717, 1.165) is 24.3 Å². The van der Waals surface area contributed by atoms with Gasteiger partial charge in [0.2, 0.25) is 0 Å². The molecule has 0 amide bonds. The fourth-order valence-electron chi connectivity index (χ4n) is 3.56. The minimum Gasteiger partial charge on any atom is -0.329 e. The van der Waals surface area contributed by atoms with Crippen LogP contribution < -0.4 is 5.73 Å². The van der Waals surface area contributed by atoms with Gasteiger partial charge in [0.1, 0.15) is 0 Å². The van der Waals surface area contributed by atoms with E-state index in [1.807, 2.05) is 0 Å². The summed E-state index contributed by atoms with van der Waals surface area (Å²) in [4.78, 5) is 2.72. The fraction of sp³-hybridized carbons (Fsp3) is 1.00. The van der Waals surface area contributed by atoms with E-state index in [1.54, 1.807) is 0 Å². The molecule has 2 aliphatic rings. The largest absolute Gasteiger partial charge is 0.329 e. The number of nitrogens with zero attached hydrogens (tertiary/aromatic N) is 1. The van der Waals surface area contributed by atoms with Crippen LogP contribution in [0.5, 0.6) is 0 Å². The topological polar surface area (TPSA) is 29.3 Å². The Hall–Kier alpha value is -0.0800. The lowest BCUT2D eigenvalue weighted by Gasteiger charge is -2.49. The van der Waals surface area contributed by atoms with Gasteiger partial charge in [-0.1, -0.05) is 20.8 Å². The highest BCUT2D eigenvalue weighted by Gasteiger charge is 2.42. The summed E-state index contributed by atoms with van der Waals surface area (Å²) >= 11 is 0. The number of rotatable bonds is 5. The van der Waals surface area contributed by atoms with Crippen LogP contribution in [0.4, 0.5) is 0 Å². The molecule has 2 fully saturated rings. The van der Waals surface area contributed by atoms with Crippen molar-refractivity contribution in [1.29, 1.82) is 0 Å². The lowest BCUT2D eigenvalue weighted by atomic mass is 9.70. The van der Waals surface area contributed by atoms with Crippen LogP contribution in [0.2, 0.25) is 0 Å². The summed E-state index contributed by atoms with van der Waals surface area (Å²) in [7, 11) is 0. The molecule has 2 heteroatoms. The summed E-state index contributed by atoms with van der Waals surface area (Å²) in [6, 6.07) is 0. The molecule has 2 N–H and O–H groups in total. The first-order valence-electron chi connectivity index (χ1n) is 7.56. The van der Waals surface area contributed by atoms with Gasteiger partial charge in [0.05, 0.1) is 0 Å². The van der Waals surface area contributed by atoms with Crippen LogP contribution in [-0.4, -0.2) is 30.1 Å². The maximum absolute atomic E-state index is 6.18. The minimum atomic E-state index is 0.323. The van der Waals surface area contributed by atoms with Crippen molar-refractivity contribution in [1.82, 2.24) is 4.90 Å². The third-order valence-corrected chi connectivity index (χ3v) is 5.35. The van der Waals surface area contributed by atoms with Gasteiger partial charge < -0.3 is 5.73 Å². The van der Waals surface area contributed by atoms with Crippen molar-refractivity contribution < 1.29 is 0 Å². The summed E-state index contributed by atoms with van der Waals surface area (Å²) in [5, 5.41) is 0. The highest BCUT2D eigenvalue weighted by atomic mass is 15.2. The average molecular weight is 238 g/mol. The zero-order chi connectivity index (χ0) is 12.5. The Morgan fingerprint density at radius 2 is 1.88 bits per heavy atom. The molecule has 0 saturated heterocycles. The van der Waals surface area contributed by atoms with Crippen molar-refractivity contribution in [2.24, 2.45) is 23.5 Å². The molecule has 0 aliphatic heterocycles. The predicted molar refractivity (Wildman–Crippen MR) is 73.9 cm³/mol. The maximum atomic E-state index is 6.18. The Morgan fingerprint density at radius 1 is 1.18 bits per heavy atom. The molecule has 0 radical (unpaired) electrons. The second-order valence-electron chi connectivity index (χ2n) is 6.61. The molecule has 0 spiro atoms. The highest BCUT2D eigenvalue weighted by Crippen LogP contribution is 2.41. The summed E-state index contributed by atoms with van der Waals surface area (Å²) in [5.41, 5.74) is 6.50. The van der Waals surface area contributed by atoms with Gasteiger partial charge in [0.25, 0.3) is 0 Å². The third kappa shape index (κ3) is 2.85. The first-order chi connectivity index (χ1) is 8.11. The summed E-state index contributed by atoms with van der Waals surface area (Å²) < 4.78 is 0. The maximum Gasteiger partial charge on any atom is 0.0334 e. The lowest BCUT2D eigenvalue weighted by molar-refractivity contribution is 0.0215. The van der Waals surface area contributed by atoms with E-state index in [0.29, 0.717) is 5.54 Å². The monoisotopic (exact) mass is 238 g/mol. The van der Waals surface area contributed by atoms with E-state index in [1.165, 1.54) is 45.2 Å². The third-order valence-electron chi connectivity index (χ3n) is 5.35. The Kier molecular flexibility index (Phi) is 4.14. The Morgan fingerprint density at radius 3 is 2.35 bits per heavy atom. The van der Waals surface area contributed by atoms with Crippen molar-refractivity contribution >= 4 is 0 Å². The average Bonchev–Trinajstić information content (AvgIpc) is 3.14. The van der Waals surface area contributed by atoms with E-state index < -0.39 is 0 Å². The van der Waals surface area contributed by atoms with Crippen molar-refractivity contribution in [3.05, 3.63) is 0 Å². The van der Waals surface area contributed by atoms with E-state index in [9.17, 15) is 0 Å². The van der Waals surface area contributed by atoms with Crippen LogP contribution in [0, 0.1) is 17.8 Å². The van der Waals surface area contributed by atoms with Gasteiger partial charge >= 0.3 is 0 Å². The van der Waals surface area contributed by atoms with Crippen LogP contribution in [0.15, 0.2) is 0 Å². The zero-order valence-corrected chi connectivity index (χ0v) is 11.9. The first-order valence-corrected chi connectivity index (χ1v) is 7.56. The molecule has 2 aliphatic carbocycles. The molecule has 3 unspecified atom stereocenters. The molecular weight excluding hydrogens is 208 g/mol. The molecule has 2 rings (SSSR count). The second-order valence-corrected chi connectivity index (χ2v) is 6.61. The van der Waals surface area contributed by atoms with Crippen LogP contribution in [0.25, 0.3) is 0 Å². The molecule has 2 nitrogen and oxygen atoms in total. The van der Waals surface area contributed by atoms with Crippen molar-refractivity contribution in [3.8, 4) is 0 Å². The summed E-state index contributed by atoms with van der Waals surface area (Å²) in [6.45, 7) is 10.5. The normalized spacial score (nSPS) is 38.6. The van der Waals surface area contributed by atoms with Crippen LogP contribution in [0.1, 0.15) is 52.9 Å². The van der Waals surface area contributed by atoms with Gasteiger partial charge in [-0.3, -0.25) is 4.90 Å². The Labute approximate surface area is 107 Å². The molecular formula is C15H30N2. The number of hydrogen-bond donors (Lipinski definition) is 1. The summed E-state index contributed by atoms with van der Waals surface area (Å²) in [6.07, 6.45) is 6.88. The minimum absolute atomic E-state index is 0.323. The number of nitrogens with two attached hydrogens (primary N) is 1. The molecule has 3 atom stereocenters. The van der Waals surface area contributed by atoms with E-state index >= 15 is 0 Å². The predicted octanol–water partition coefficient (Wildman–Crippen LogP) is 2.87. The van der Waals surface area contributed by atoms with Crippen LogP contribution >= 0.6 is 0 Å². The Balaban J connectivity index is 2.05. The second kappa shape index (κ2) is 5.27. The number of hydrogen-bond acceptors (Lipinski definition) is 2.